The van der Waals surface area contributed by atoms with Gasteiger partial charge in [0, 0.05) is 11.5 Å². The second kappa shape index (κ2) is 18.3. The Morgan fingerprint density at radius 1 is 0.600 bits per heavy atom. The maximum atomic E-state index is 4.30. The number of hydrogen-bond donors (Lipinski definition) is 0. The van der Waals surface area contributed by atoms with Crippen LogP contribution in [0.2, 0.25) is 0 Å². The van der Waals surface area contributed by atoms with Crippen LogP contribution in [0.25, 0.3) is 0 Å². The molecular weight excluding hydrogens is 405 g/mol. The minimum absolute atomic E-state index is 1.11. The van der Waals surface area contributed by atoms with Gasteiger partial charge in [-0.25, -0.2) is 0 Å². The Hall–Kier alpha value is 0.960. The minimum Gasteiger partial charge on any atom is -0.130 e. The molecule has 7 heteroatoms. The fourth-order valence-corrected chi connectivity index (χ4v) is 8.20. The number of aromatic nitrogens is 2. The van der Waals surface area contributed by atoms with Gasteiger partial charge in [0.25, 0.3) is 0 Å². The molecule has 0 radical (unpaired) electrons. The van der Waals surface area contributed by atoms with E-state index in [9.17, 15) is 0 Å². The molecule has 0 aliphatic carbocycles. The minimum atomic E-state index is 1.11. The van der Waals surface area contributed by atoms with Crippen LogP contribution in [0.3, 0.4) is 0 Å². The maximum Gasteiger partial charge on any atom is 0.185 e. The zero-order valence-electron chi connectivity index (χ0n) is 15.8. The summed E-state index contributed by atoms with van der Waals surface area (Å²) in [6.07, 6.45) is 16.5. The molecule has 0 aliphatic heterocycles. The molecule has 1 heterocycles. The molecule has 0 saturated heterocycles. The van der Waals surface area contributed by atoms with Crippen molar-refractivity contribution in [3.63, 3.8) is 0 Å². The van der Waals surface area contributed by atoms with Crippen LogP contribution in [-0.2, 0) is 0 Å². The van der Waals surface area contributed by atoms with Crippen LogP contribution < -0.4 is 0 Å². The van der Waals surface area contributed by atoms with E-state index in [0.717, 1.165) is 8.68 Å². The highest BCUT2D eigenvalue weighted by Crippen LogP contribution is 2.39. The van der Waals surface area contributed by atoms with Gasteiger partial charge in [-0.05, 0) is 34.4 Å². The van der Waals surface area contributed by atoms with E-state index >= 15 is 0 Å². The summed E-state index contributed by atoms with van der Waals surface area (Å²) in [5.74, 6) is 2.46. The van der Waals surface area contributed by atoms with Gasteiger partial charge in [0.1, 0.15) is 0 Å². The number of unbranched alkanes of at least 4 members (excludes halogenated alkanes) is 10. The highest BCUT2D eigenvalue weighted by Gasteiger charge is 2.06. The average molecular weight is 439 g/mol. The van der Waals surface area contributed by atoms with Gasteiger partial charge in [0.05, 0.1) is 0 Å². The Morgan fingerprint density at radius 2 is 1.00 bits per heavy atom. The van der Waals surface area contributed by atoms with Crippen molar-refractivity contribution in [2.75, 3.05) is 11.5 Å². The summed E-state index contributed by atoms with van der Waals surface area (Å²) >= 11 is 1.74. The van der Waals surface area contributed by atoms with Crippen molar-refractivity contribution in [2.24, 2.45) is 0 Å². The molecule has 0 unspecified atom stereocenters. The Bertz CT molecular complexity index is 366. The molecule has 2 nitrogen and oxygen atoms in total. The topological polar surface area (TPSA) is 25.8 Å². The summed E-state index contributed by atoms with van der Waals surface area (Å²) in [6, 6.07) is 0. The number of hydrogen-bond acceptors (Lipinski definition) is 7. The van der Waals surface area contributed by atoms with Crippen LogP contribution in [0.5, 0.6) is 0 Å². The Labute approximate surface area is 175 Å². The summed E-state index contributed by atoms with van der Waals surface area (Å²) in [5.41, 5.74) is 0. The molecular formula is C18H34N2S5. The second-order valence-electron chi connectivity index (χ2n) is 6.18. The van der Waals surface area contributed by atoms with Gasteiger partial charge >= 0.3 is 0 Å². The normalized spacial score (nSPS) is 11.3. The molecule has 0 N–H and O–H groups in total. The van der Waals surface area contributed by atoms with Gasteiger partial charge in [-0.1, -0.05) is 111 Å². The first kappa shape index (κ1) is 24.0. The summed E-state index contributed by atoms with van der Waals surface area (Å²) in [5, 5.41) is 8.60. The molecule has 1 aromatic heterocycles. The molecule has 0 amide bonds. The molecule has 0 atom stereocenters. The monoisotopic (exact) mass is 438 g/mol. The number of rotatable bonds is 18. The van der Waals surface area contributed by atoms with Crippen LogP contribution in [0.15, 0.2) is 8.68 Å². The van der Waals surface area contributed by atoms with Crippen molar-refractivity contribution < 1.29 is 0 Å². The van der Waals surface area contributed by atoms with Crippen LogP contribution in [0.1, 0.15) is 90.9 Å². The molecule has 0 fully saturated rings. The highest BCUT2D eigenvalue weighted by molar-refractivity contribution is 8.77. The Balaban J connectivity index is 1.93. The fraction of sp³-hybridized carbons (Fsp3) is 0.889. The first-order valence-corrected chi connectivity index (χ1v) is 15.2. The number of nitrogens with zero attached hydrogens (tertiary/aromatic N) is 2. The van der Waals surface area contributed by atoms with E-state index in [0.29, 0.717) is 0 Å². The van der Waals surface area contributed by atoms with Crippen LogP contribution in [0.4, 0.5) is 0 Å². The molecule has 0 saturated carbocycles. The van der Waals surface area contributed by atoms with E-state index in [1.807, 2.05) is 21.6 Å². The molecule has 0 bridgehead atoms. The lowest BCUT2D eigenvalue weighted by atomic mass is 10.1. The zero-order chi connectivity index (χ0) is 18.0. The van der Waals surface area contributed by atoms with Crippen LogP contribution in [0, 0.1) is 0 Å². The summed E-state index contributed by atoms with van der Waals surface area (Å²) in [7, 11) is 7.47. The van der Waals surface area contributed by atoms with Crippen molar-refractivity contribution in [3.05, 3.63) is 0 Å². The average Bonchev–Trinajstić information content (AvgIpc) is 3.07. The van der Waals surface area contributed by atoms with Crippen molar-refractivity contribution in [1.29, 1.82) is 0 Å². The standard InChI is InChI=1S/C18H34N2S5/c1-3-5-7-9-11-13-15-21-24-17-19-20-18(23-17)25-22-16-14-12-10-8-6-4-2/h3-16H2,1-2H3. The highest BCUT2D eigenvalue weighted by atomic mass is 33.1. The Kier molecular flexibility index (Phi) is 17.6. The SMILES string of the molecule is CCCCCCCCSSc1nnc(SSCCCCCCCC)s1. The smallest absolute Gasteiger partial charge is 0.130 e. The van der Waals surface area contributed by atoms with Gasteiger partial charge in [-0.3, -0.25) is 0 Å². The van der Waals surface area contributed by atoms with E-state index in [1.165, 1.54) is 88.6 Å². The van der Waals surface area contributed by atoms with Gasteiger partial charge in [-0.2, -0.15) is 0 Å². The van der Waals surface area contributed by atoms with Crippen molar-refractivity contribution in [2.45, 2.75) is 99.6 Å². The lowest BCUT2D eigenvalue weighted by molar-refractivity contribution is 0.627. The molecule has 1 rings (SSSR count). The predicted molar refractivity (Wildman–Crippen MR) is 123 cm³/mol. The van der Waals surface area contributed by atoms with Gasteiger partial charge in [0.15, 0.2) is 8.68 Å². The quantitative estimate of drug-likeness (QED) is 0.168. The van der Waals surface area contributed by atoms with Gasteiger partial charge < -0.3 is 0 Å². The lowest BCUT2D eigenvalue weighted by Gasteiger charge is -1.99. The predicted octanol–water partition coefficient (Wildman–Crippen LogP) is 8.74. The van der Waals surface area contributed by atoms with E-state index in [4.69, 9.17) is 0 Å². The van der Waals surface area contributed by atoms with Crippen molar-refractivity contribution >= 4 is 54.5 Å². The van der Waals surface area contributed by atoms with Crippen molar-refractivity contribution in [1.82, 2.24) is 10.2 Å². The molecule has 0 aliphatic rings. The van der Waals surface area contributed by atoms with Gasteiger partial charge in [0.2, 0.25) is 0 Å². The molecule has 0 spiro atoms. The molecule has 0 aromatic carbocycles. The van der Waals surface area contributed by atoms with Crippen LogP contribution >= 0.6 is 54.5 Å². The summed E-state index contributed by atoms with van der Waals surface area (Å²) in [6.45, 7) is 4.54. The second-order valence-corrected chi connectivity index (χ2v) is 12.5. The van der Waals surface area contributed by atoms with E-state index in [2.05, 4.69) is 24.0 Å². The fourth-order valence-electron chi connectivity index (χ4n) is 2.33. The zero-order valence-corrected chi connectivity index (χ0v) is 19.9. The molecule has 146 valence electrons. The van der Waals surface area contributed by atoms with E-state index < -0.39 is 0 Å². The first-order valence-electron chi connectivity index (χ1n) is 9.79. The van der Waals surface area contributed by atoms with Crippen molar-refractivity contribution in [3.8, 4) is 0 Å². The maximum absolute atomic E-state index is 4.30. The first-order chi connectivity index (χ1) is 12.4. The molecule has 1 aromatic rings. The Morgan fingerprint density at radius 3 is 1.44 bits per heavy atom. The molecule has 25 heavy (non-hydrogen) atoms. The van der Waals surface area contributed by atoms with E-state index in [-0.39, 0.29) is 0 Å². The van der Waals surface area contributed by atoms with Gasteiger partial charge in [-0.15, -0.1) is 10.2 Å². The third-order valence-electron chi connectivity index (χ3n) is 3.81. The largest absolute Gasteiger partial charge is 0.185 e. The third kappa shape index (κ3) is 14.7. The summed E-state index contributed by atoms with van der Waals surface area (Å²) in [4.78, 5) is 0. The lowest BCUT2D eigenvalue weighted by Crippen LogP contribution is -1.80. The summed E-state index contributed by atoms with van der Waals surface area (Å²) < 4.78 is 2.22. The van der Waals surface area contributed by atoms with Crippen LogP contribution in [-0.4, -0.2) is 21.7 Å². The third-order valence-corrected chi connectivity index (χ3v) is 10.2. The van der Waals surface area contributed by atoms with E-state index in [1.54, 1.807) is 32.9 Å².